The normalized spacial score (nSPS) is 11.2. The van der Waals surface area contributed by atoms with E-state index in [2.05, 4.69) is 21.2 Å². The molecule has 2 rings (SSSR count). The summed E-state index contributed by atoms with van der Waals surface area (Å²) in [5.41, 5.74) is 0.466. The lowest BCUT2D eigenvalue weighted by molar-refractivity contribution is -0.137. The minimum Gasteiger partial charge on any atom is -0.483 e. The van der Waals surface area contributed by atoms with Gasteiger partial charge in [-0.2, -0.15) is 13.2 Å². The topological polar surface area (TPSA) is 38.3 Å². The van der Waals surface area contributed by atoms with E-state index < -0.39 is 17.6 Å². The zero-order valence-electron chi connectivity index (χ0n) is 13.0. The molecule has 1 amide bonds. The van der Waals surface area contributed by atoms with Crippen molar-refractivity contribution in [3.05, 3.63) is 57.6 Å². The molecule has 0 aliphatic heterocycles. The SMILES string of the molecule is Cc1cc(Br)cc(C)c1OCC(=O)Nc1ccccc1C(F)(F)F. The molecule has 3 nitrogen and oxygen atoms in total. The monoisotopic (exact) mass is 401 g/mol. The van der Waals surface area contributed by atoms with E-state index >= 15 is 0 Å². The molecule has 0 bridgehead atoms. The van der Waals surface area contributed by atoms with E-state index in [1.54, 1.807) is 0 Å². The van der Waals surface area contributed by atoms with Gasteiger partial charge >= 0.3 is 6.18 Å². The fourth-order valence-electron chi connectivity index (χ4n) is 2.29. The zero-order chi connectivity index (χ0) is 17.9. The number of ether oxygens (including phenoxy) is 1. The van der Waals surface area contributed by atoms with Crippen LogP contribution in [0, 0.1) is 13.8 Å². The second kappa shape index (κ2) is 7.25. The van der Waals surface area contributed by atoms with E-state index in [9.17, 15) is 18.0 Å². The molecule has 0 aromatic heterocycles. The highest BCUT2D eigenvalue weighted by Gasteiger charge is 2.33. The predicted molar refractivity (Wildman–Crippen MR) is 89.2 cm³/mol. The highest BCUT2D eigenvalue weighted by Crippen LogP contribution is 2.34. The Bertz CT molecular complexity index is 737. The van der Waals surface area contributed by atoms with Crippen LogP contribution in [0.25, 0.3) is 0 Å². The molecule has 0 atom stereocenters. The van der Waals surface area contributed by atoms with Gasteiger partial charge in [-0.15, -0.1) is 0 Å². The van der Waals surface area contributed by atoms with E-state index in [0.29, 0.717) is 5.75 Å². The molecule has 2 aromatic carbocycles. The van der Waals surface area contributed by atoms with Crippen LogP contribution in [0.5, 0.6) is 5.75 Å². The maximum Gasteiger partial charge on any atom is 0.418 e. The summed E-state index contributed by atoms with van der Waals surface area (Å²) in [6, 6.07) is 8.48. The lowest BCUT2D eigenvalue weighted by atomic mass is 10.1. The van der Waals surface area contributed by atoms with Crippen molar-refractivity contribution in [2.45, 2.75) is 20.0 Å². The van der Waals surface area contributed by atoms with Gasteiger partial charge in [0.2, 0.25) is 0 Å². The molecule has 0 radical (unpaired) electrons. The molecule has 0 saturated carbocycles. The number of hydrogen-bond donors (Lipinski definition) is 1. The standard InChI is InChI=1S/C17H15BrF3NO2/c1-10-7-12(18)8-11(2)16(10)24-9-15(23)22-14-6-4-3-5-13(14)17(19,20)21/h3-8H,9H2,1-2H3,(H,22,23). The van der Waals surface area contributed by atoms with Crippen molar-refractivity contribution in [2.75, 3.05) is 11.9 Å². The molecule has 0 fully saturated rings. The zero-order valence-corrected chi connectivity index (χ0v) is 14.6. The number of aryl methyl sites for hydroxylation is 2. The second-order valence-corrected chi connectivity index (χ2v) is 6.16. The Hall–Kier alpha value is -2.02. The number of halogens is 4. The minimum absolute atomic E-state index is 0.289. The molecule has 0 aliphatic rings. The lowest BCUT2D eigenvalue weighted by Gasteiger charge is -2.15. The third-order valence-electron chi connectivity index (χ3n) is 3.28. The number of para-hydroxylation sites is 1. The van der Waals surface area contributed by atoms with Crippen LogP contribution in [0.4, 0.5) is 18.9 Å². The largest absolute Gasteiger partial charge is 0.483 e. The highest BCUT2D eigenvalue weighted by atomic mass is 79.9. The average Bonchev–Trinajstić information content (AvgIpc) is 2.45. The third-order valence-corrected chi connectivity index (χ3v) is 3.74. The third kappa shape index (κ3) is 4.50. The summed E-state index contributed by atoms with van der Waals surface area (Å²) in [5.74, 6) is -0.120. The first-order chi connectivity index (χ1) is 11.2. The Balaban J connectivity index is 2.08. The number of hydrogen-bond acceptors (Lipinski definition) is 2. The lowest BCUT2D eigenvalue weighted by Crippen LogP contribution is -2.22. The van der Waals surface area contributed by atoms with Crippen molar-refractivity contribution in [1.29, 1.82) is 0 Å². The number of anilines is 1. The number of nitrogens with one attached hydrogen (secondary N) is 1. The molecular weight excluding hydrogens is 387 g/mol. The summed E-state index contributed by atoms with van der Waals surface area (Å²) in [5, 5.41) is 2.24. The van der Waals surface area contributed by atoms with Crippen molar-refractivity contribution >= 4 is 27.5 Å². The first-order valence-electron chi connectivity index (χ1n) is 7.04. The molecule has 0 aliphatic carbocycles. The Labute approximate surface area is 146 Å². The van der Waals surface area contributed by atoms with Crippen molar-refractivity contribution < 1.29 is 22.7 Å². The van der Waals surface area contributed by atoms with E-state index in [4.69, 9.17) is 4.74 Å². The Morgan fingerprint density at radius 3 is 2.33 bits per heavy atom. The number of rotatable bonds is 4. The van der Waals surface area contributed by atoms with Crippen LogP contribution in [-0.2, 0) is 11.0 Å². The molecule has 7 heteroatoms. The summed E-state index contributed by atoms with van der Waals surface area (Å²) in [6.07, 6.45) is -4.54. The van der Waals surface area contributed by atoms with Gasteiger partial charge in [0.05, 0.1) is 11.3 Å². The fourth-order valence-corrected chi connectivity index (χ4v) is 2.98. The van der Waals surface area contributed by atoms with Crippen molar-refractivity contribution in [2.24, 2.45) is 0 Å². The van der Waals surface area contributed by atoms with Gasteiger partial charge in [-0.05, 0) is 49.2 Å². The number of carbonyl (C=O) groups is 1. The van der Waals surface area contributed by atoms with Crippen LogP contribution in [0.1, 0.15) is 16.7 Å². The summed E-state index contributed by atoms with van der Waals surface area (Å²) in [7, 11) is 0. The molecule has 128 valence electrons. The van der Waals surface area contributed by atoms with Gasteiger partial charge < -0.3 is 10.1 Å². The van der Waals surface area contributed by atoms with Crippen LogP contribution in [0.15, 0.2) is 40.9 Å². The van der Waals surface area contributed by atoms with Crippen LogP contribution in [0.3, 0.4) is 0 Å². The average molecular weight is 402 g/mol. The minimum atomic E-state index is -4.54. The summed E-state index contributed by atoms with van der Waals surface area (Å²) >= 11 is 3.36. The van der Waals surface area contributed by atoms with Crippen molar-refractivity contribution in [3.8, 4) is 5.75 Å². The smallest absolute Gasteiger partial charge is 0.418 e. The molecule has 0 saturated heterocycles. The van der Waals surface area contributed by atoms with E-state index in [-0.39, 0.29) is 12.3 Å². The highest BCUT2D eigenvalue weighted by molar-refractivity contribution is 9.10. The van der Waals surface area contributed by atoms with Crippen LogP contribution >= 0.6 is 15.9 Å². The Morgan fingerprint density at radius 2 is 1.75 bits per heavy atom. The van der Waals surface area contributed by atoms with Crippen LogP contribution in [0.2, 0.25) is 0 Å². The van der Waals surface area contributed by atoms with Crippen LogP contribution in [-0.4, -0.2) is 12.5 Å². The number of benzene rings is 2. The van der Waals surface area contributed by atoms with Gasteiger partial charge in [-0.25, -0.2) is 0 Å². The molecule has 0 heterocycles. The molecule has 0 unspecified atom stereocenters. The molecule has 2 aromatic rings. The summed E-state index contributed by atoms with van der Waals surface area (Å²) in [6.45, 7) is 3.27. The van der Waals surface area contributed by atoms with Crippen molar-refractivity contribution in [3.63, 3.8) is 0 Å². The number of alkyl halides is 3. The van der Waals surface area contributed by atoms with E-state index in [1.807, 2.05) is 26.0 Å². The van der Waals surface area contributed by atoms with Gasteiger partial charge in [0.25, 0.3) is 5.91 Å². The van der Waals surface area contributed by atoms with Crippen LogP contribution < -0.4 is 10.1 Å². The Kier molecular flexibility index (Phi) is 5.54. The van der Waals surface area contributed by atoms with Gasteiger partial charge in [0.1, 0.15) is 5.75 Å². The molecule has 0 spiro atoms. The fraction of sp³-hybridized carbons (Fsp3) is 0.235. The van der Waals surface area contributed by atoms with E-state index in [0.717, 1.165) is 21.7 Å². The molecular formula is C17H15BrF3NO2. The number of amides is 1. The molecule has 1 N–H and O–H groups in total. The first kappa shape index (κ1) is 18.3. The predicted octanol–water partition coefficient (Wildman–Crippen LogP) is 5.10. The number of carbonyl (C=O) groups excluding carboxylic acids is 1. The quantitative estimate of drug-likeness (QED) is 0.773. The van der Waals surface area contributed by atoms with Gasteiger partial charge in [-0.1, -0.05) is 28.1 Å². The maximum absolute atomic E-state index is 12.9. The Morgan fingerprint density at radius 1 is 1.17 bits per heavy atom. The van der Waals surface area contributed by atoms with E-state index in [1.165, 1.54) is 18.2 Å². The summed E-state index contributed by atoms with van der Waals surface area (Å²) < 4.78 is 45.1. The van der Waals surface area contributed by atoms with Crippen molar-refractivity contribution in [1.82, 2.24) is 0 Å². The maximum atomic E-state index is 12.9. The first-order valence-corrected chi connectivity index (χ1v) is 7.83. The second-order valence-electron chi connectivity index (χ2n) is 5.25. The van der Waals surface area contributed by atoms with Gasteiger partial charge in [0, 0.05) is 4.47 Å². The van der Waals surface area contributed by atoms with Gasteiger partial charge in [0.15, 0.2) is 6.61 Å². The molecule has 24 heavy (non-hydrogen) atoms. The summed E-state index contributed by atoms with van der Waals surface area (Å²) in [4.78, 5) is 11.9. The van der Waals surface area contributed by atoms with Gasteiger partial charge in [-0.3, -0.25) is 4.79 Å².